The minimum Gasteiger partial charge on any atom is -0.309 e. The molecule has 0 saturated carbocycles. The van der Waals surface area contributed by atoms with Crippen molar-refractivity contribution in [2.24, 2.45) is 4.99 Å². The molecule has 1 heterocycles. The maximum atomic E-state index is 4.18. The maximum Gasteiger partial charge on any atom is 0.0355 e. The van der Waals surface area contributed by atoms with Crippen LogP contribution in [0.15, 0.2) is 17.3 Å². The number of nitrogens with zero attached hydrogens (tertiary/aromatic N) is 1. The van der Waals surface area contributed by atoms with E-state index < -0.39 is 0 Å². The van der Waals surface area contributed by atoms with Crippen molar-refractivity contribution in [3.63, 3.8) is 0 Å². The molecule has 0 aromatic carbocycles. The van der Waals surface area contributed by atoms with Crippen LogP contribution in [-0.4, -0.2) is 18.3 Å². The predicted molar refractivity (Wildman–Crippen MR) is 44.3 cm³/mol. The van der Waals surface area contributed by atoms with Gasteiger partial charge in [-0.2, -0.15) is 0 Å². The van der Waals surface area contributed by atoms with Crippen molar-refractivity contribution in [1.29, 1.82) is 0 Å². The first-order valence-corrected chi connectivity index (χ1v) is 3.73. The molecule has 0 atom stereocenters. The summed E-state index contributed by atoms with van der Waals surface area (Å²) in [5, 5.41) is 3.32. The van der Waals surface area contributed by atoms with E-state index in [4.69, 9.17) is 0 Å². The summed E-state index contributed by atoms with van der Waals surface area (Å²) in [7, 11) is 0. The fraction of sp³-hybridized carbons (Fsp3) is 0.625. The van der Waals surface area contributed by atoms with E-state index in [0.29, 0.717) is 6.04 Å². The van der Waals surface area contributed by atoms with E-state index in [2.05, 4.69) is 30.2 Å². The van der Waals surface area contributed by atoms with Crippen LogP contribution in [-0.2, 0) is 0 Å². The molecular weight excluding hydrogens is 124 g/mol. The standard InChI is InChI=1S/C8H14N2/c1-7(2)10-6-8-4-3-5-9-8/h3,5,7,10H,4,6H2,1-2H3. The normalized spacial score (nSPS) is 16.5. The van der Waals surface area contributed by atoms with E-state index in [0.717, 1.165) is 13.0 Å². The van der Waals surface area contributed by atoms with Gasteiger partial charge in [0.15, 0.2) is 0 Å². The van der Waals surface area contributed by atoms with Gasteiger partial charge in [0.1, 0.15) is 0 Å². The Bertz CT molecular complexity index is 157. The smallest absolute Gasteiger partial charge is 0.0355 e. The van der Waals surface area contributed by atoms with Gasteiger partial charge in [0.05, 0.1) is 0 Å². The van der Waals surface area contributed by atoms with Crippen molar-refractivity contribution in [3.8, 4) is 0 Å². The van der Waals surface area contributed by atoms with E-state index in [1.807, 2.05) is 6.20 Å². The molecule has 2 heteroatoms. The molecular formula is C8H14N2. The fourth-order valence-corrected chi connectivity index (χ4v) is 0.839. The highest BCUT2D eigenvalue weighted by Crippen LogP contribution is 1.98. The molecule has 0 spiro atoms. The minimum absolute atomic E-state index is 0.559. The summed E-state index contributed by atoms with van der Waals surface area (Å²) in [5.74, 6) is 0. The quantitative estimate of drug-likeness (QED) is 0.625. The van der Waals surface area contributed by atoms with E-state index in [1.54, 1.807) is 0 Å². The van der Waals surface area contributed by atoms with Crippen LogP contribution >= 0.6 is 0 Å². The Morgan fingerprint density at radius 2 is 2.50 bits per heavy atom. The molecule has 0 radical (unpaired) electrons. The van der Waals surface area contributed by atoms with Crippen molar-refractivity contribution in [2.75, 3.05) is 6.54 Å². The van der Waals surface area contributed by atoms with Gasteiger partial charge >= 0.3 is 0 Å². The van der Waals surface area contributed by atoms with Gasteiger partial charge in [-0.1, -0.05) is 19.9 Å². The van der Waals surface area contributed by atoms with Gasteiger partial charge in [-0.05, 0) is 0 Å². The molecule has 0 fully saturated rings. The van der Waals surface area contributed by atoms with Crippen molar-refractivity contribution in [1.82, 2.24) is 5.32 Å². The molecule has 0 unspecified atom stereocenters. The van der Waals surface area contributed by atoms with Gasteiger partial charge in [-0.25, -0.2) is 0 Å². The summed E-state index contributed by atoms with van der Waals surface area (Å²) in [6.45, 7) is 5.22. The lowest BCUT2D eigenvalue weighted by atomic mass is 10.3. The number of hydrogen-bond acceptors (Lipinski definition) is 2. The lowest BCUT2D eigenvalue weighted by Gasteiger charge is -2.06. The van der Waals surface area contributed by atoms with Crippen LogP contribution in [0.5, 0.6) is 0 Å². The predicted octanol–water partition coefficient (Wildman–Crippen LogP) is 1.34. The average molecular weight is 138 g/mol. The Morgan fingerprint density at radius 3 is 3.00 bits per heavy atom. The molecule has 0 aliphatic carbocycles. The first-order valence-electron chi connectivity index (χ1n) is 3.73. The van der Waals surface area contributed by atoms with Crippen LogP contribution in [0.4, 0.5) is 0 Å². The second kappa shape index (κ2) is 3.52. The Hall–Kier alpha value is -0.630. The van der Waals surface area contributed by atoms with Crippen LogP contribution < -0.4 is 5.32 Å². The molecule has 56 valence electrons. The summed E-state index contributed by atoms with van der Waals surface area (Å²) >= 11 is 0. The lowest BCUT2D eigenvalue weighted by molar-refractivity contribution is 0.641. The molecule has 0 aromatic heterocycles. The third-order valence-electron chi connectivity index (χ3n) is 1.43. The molecule has 0 aromatic rings. The van der Waals surface area contributed by atoms with Crippen LogP contribution in [0, 0.1) is 0 Å². The van der Waals surface area contributed by atoms with Crippen LogP contribution in [0.25, 0.3) is 0 Å². The van der Waals surface area contributed by atoms with E-state index in [-0.39, 0.29) is 0 Å². The average Bonchev–Trinajstić information content (AvgIpc) is 2.34. The van der Waals surface area contributed by atoms with Gasteiger partial charge < -0.3 is 5.32 Å². The third kappa shape index (κ3) is 2.31. The number of rotatable bonds is 3. The molecule has 1 aliphatic heterocycles. The van der Waals surface area contributed by atoms with Crippen molar-refractivity contribution >= 4 is 5.71 Å². The summed E-state index contributed by atoms with van der Waals surface area (Å²) in [6, 6.07) is 0.559. The zero-order chi connectivity index (χ0) is 7.40. The minimum atomic E-state index is 0.559. The Kier molecular flexibility index (Phi) is 2.63. The molecule has 1 aliphatic rings. The summed E-state index contributed by atoms with van der Waals surface area (Å²) < 4.78 is 0. The third-order valence-corrected chi connectivity index (χ3v) is 1.43. The first-order chi connectivity index (χ1) is 4.79. The molecule has 1 rings (SSSR count). The topological polar surface area (TPSA) is 24.4 Å². The van der Waals surface area contributed by atoms with Gasteiger partial charge in [-0.15, -0.1) is 0 Å². The highest BCUT2D eigenvalue weighted by Gasteiger charge is 2.00. The summed E-state index contributed by atoms with van der Waals surface area (Å²) in [6.07, 6.45) is 4.98. The number of nitrogens with one attached hydrogen (secondary N) is 1. The number of aliphatic imine (C=N–C) groups is 1. The Balaban J connectivity index is 2.15. The molecule has 0 amide bonds. The monoisotopic (exact) mass is 138 g/mol. The van der Waals surface area contributed by atoms with Gasteiger partial charge in [0.2, 0.25) is 0 Å². The van der Waals surface area contributed by atoms with Gasteiger partial charge in [0.25, 0.3) is 0 Å². The molecule has 0 saturated heterocycles. The zero-order valence-electron chi connectivity index (χ0n) is 6.59. The van der Waals surface area contributed by atoms with E-state index >= 15 is 0 Å². The fourth-order valence-electron chi connectivity index (χ4n) is 0.839. The second-order valence-corrected chi connectivity index (χ2v) is 2.82. The lowest BCUT2D eigenvalue weighted by Crippen LogP contribution is -2.28. The SMILES string of the molecule is CC(C)NCC1=NC=CC1. The zero-order valence-corrected chi connectivity index (χ0v) is 6.59. The molecule has 1 N–H and O–H groups in total. The largest absolute Gasteiger partial charge is 0.309 e. The highest BCUT2D eigenvalue weighted by atomic mass is 14.9. The molecule has 0 bridgehead atoms. The first kappa shape index (κ1) is 7.48. The molecule has 2 nitrogen and oxygen atoms in total. The number of hydrogen-bond donors (Lipinski definition) is 1. The van der Waals surface area contributed by atoms with E-state index in [1.165, 1.54) is 5.71 Å². The van der Waals surface area contributed by atoms with Crippen LogP contribution in [0.3, 0.4) is 0 Å². The summed E-state index contributed by atoms with van der Waals surface area (Å²) in [5.41, 5.74) is 1.24. The molecule has 10 heavy (non-hydrogen) atoms. The van der Waals surface area contributed by atoms with Crippen molar-refractivity contribution in [2.45, 2.75) is 26.3 Å². The maximum absolute atomic E-state index is 4.18. The number of allylic oxidation sites excluding steroid dienone is 1. The highest BCUT2D eigenvalue weighted by molar-refractivity contribution is 5.89. The van der Waals surface area contributed by atoms with E-state index in [9.17, 15) is 0 Å². The van der Waals surface area contributed by atoms with Crippen LogP contribution in [0.2, 0.25) is 0 Å². The summed E-state index contributed by atoms with van der Waals surface area (Å²) in [4.78, 5) is 4.18. The Morgan fingerprint density at radius 1 is 1.70 bits per heavy atom. The van der Waals surface area contributed by atoms with Gasteiger partial charge in [-0.3, -0.25) is 4.99 Å². The van der Waals surface area contributed by atoms with Crippen molar-refractivity contribution < 1.29 is 0 Å². The Labute approximate surface area is 62.0 Å². The second-order valence-electron chi connectivity index (χ2n) is 2.82. The van der Waals surface area contributed by atoms with Crippen molar-refractivity contribution in [3.05, 3.63) is 12.3 Å². The van der Waals surface area contributed by atoms with Gasteiger partial charge in [0, 0.05) is 30.9 Å². The van der Waals surface area contributed by atoms with Crippen LogP contribution in [0.1, 0.15) is 20.3 Å².